The fraction of sp³-hybridized carbons (Fsp3) is 0.381. The third-order valence-corrected chi connectivity index (χ3v) is 3.92. The van der Waals surface area contributed by atoms with Gasteiger partial charge in [-0.1, -0.05) is 62.2 Å². The molecule has 0 bridgehead atoms. The predicted octanol–water partition coefficient (Wildman–Crippen LogP) is 5.57. The Morgan fingerprint density at radius 1 is 0.833 bits per heavy atom. The van der Waals surface area contributed by atoms with Crippen LogP contribution in [0.15, 0.2) is 54.6 Å². The van der Waals surface area contributed by atoms with E-state index in [4.69, 9.17) is 9.47 Å². The lowest BCUT2D eigenvalue weighted by Crippen LogP contribution is -2.12. The Bertz CT molecular complexity index is 607. The van der Waals surface area contributed by atoms with Gasteiger partial charge >= 0.3 is 6.16 Å². The fourth-order valence-corrected chi connectivity index (χ4v) is 2.64. The van der Waals surface area contributed by atoms with Crippen LogP contribution >= 0.6 is 0 Å². The first-order valence-corrected chi connectivity index (χ1v) is 8.76. The molecule has 0 heterocycles. The summed E-state index contributed by atoms with van der Waals surface area (Å²) < 4.78 is 10.2. The average molecular weight is 326 g/mol. The highest BCUT2D eigenvalue weighted by molar-refractivity contribution is 5.63. The summed E-state index contributed by atoms with van der Waals surface area (Å²) in [4.78, 5) is 11.6. The van der Waals surface area contributed by atoms with Crippen molar-refractivity contribution in [3.05, 3.63) is 65.7 Å². The molecule has 3 heteroatoms. The van der Waals surface area contributed by atoms with E-state index in [0.29, 0.717) is 12.4 Å². The molecular formula is C21H26O3. The van der Waals surface area contributed by atoms with Gasteiger partial charge in [0.05, 0.1) is 6.61 Å². The van der Waals surface area contributed by atoms with Gasteiger partial charge < -0.3 is 9.47 Å². The first kappa shape index (κ1) is 18.1. The number of carbonyl (C=O) groups excluding carboxylic acids is 1. The molecule has 0 N–H and O–H groups in total. The first-order chi connectivity index (χ1) is 11.8. The van der Waals surface area contributed by atoms with E-state index in [9.17, 15) is 4.79 Å². The number of hydrogen-bond acceptors (Lipinski definition) is 3. The molecule has 128 valence electrons. The number of hydrogen-bond donors (Lipinski definition) is 0. The van der Waals surface area contributed by atoms with E-state index in [1.165, 1.54) is 30.4 Å². The number of rotatable bonds is 9. The molecule has 0 aliphatic rings. The minimum absolute atomic E-state index is 0.370. The molecule has 0 saturated carbocycles. The van der Waals surface area contributed by atoms with E-state index in [2.05, 4.69) is 31.2 Å². The molecule has 0 aliphatic carbocycles. The van der Waals surface area contributed by atoms with Crippen molar-refractivity contribution >= 4 is 6.16 Å². The predicted molar refractivity (Wildman–Crippen MR) is 96.4 cm³/mol. The van der Waals surface area contributed by atoms with Crippen molar-refractivity contribution in [3.63, 3.8) is 0 Å². The van der Waals surface area contributed by atoms with E-state index in [-0.39, 0.29) is 0 Å². The zero-order valence-corrected chi connectivity index (χ0v) is 14.4. The van der Waals surface area contributed by atoms with Gasteiger partial charge in [-0.25, -0.2) is 4.79 Å². The smallest absolute Gasteiger partial charge is 0.434 e. The average Bonchev–Trinajstić information content (AvgIpc) is 2.61. The summed E-state index contributed by atoms with van der Waals surface area (Å²) in [6, 6.07) is 17.5. The standard InChI is InChI=1S/C21H26O3/c1-2-3-5-11-18-12-8-9-13-19(18)14-10-17-23-21(22)24-20-15-6-4-7-16-20/h4,6-9,12-13,15-16H,2-3,5,10-11,14,17H2,1H3. The highest BCUT2D eigenvalue weighted by Gasteiger charge is 2.06. The van der Waals surface area contributed by atoms with Gasteiger partial charge in [-0.3, -0.25) is 0 Å². The molecule has 2 aromatic carbocycles. The highest BCUT2D eigenvalue weighted by Crippen LogP contribution is 2.15. The van der Waals surface area contributed by atoms with Crippen molar-refractivity contribution in [1.82, 2.24) is 0 Å². The van der Waals surface area contributed by atoms with Crippen molar-refractivity contribution in [1.29, 1.82) is 0 Å². The molecule has 3 nitrogen and oxygen atoms in total. The van der Waals surface area contributed by atoms with Crippen LogP contribution in [0.4, 0.5) is 4.79 Å². The van der Waals surface area contributed by atoms with Gasteiger partial charge in [-0.05, 0) is 48.9 Å². The summed E-state index contributed by atoms with van der Waals surface area (Å²) in [6.07, 6.45) is 5.93. The van der Waals surface area contributed by atoms with Crippen LogP contribution in [0, 0.1) is 0 Å². The van der Waals surface area contributed by atoms with Gasteiger partial charge in [-0.2, -0.15) is 0 Å². The van der Waals surface area contributed by atoms with Crippen molar-refractivity contribution in [2.75, 3.05) is 6.61 Å². The molecule has 2 aromatic rings. The van der Waals surface area contributed by atoms with E-state index < -0.39 is 6.16 Å². The number of carbonyl (C=O) groups is 1. The molecule has 0 fully saturated rings. The maximum atomic E-state index is 11.6. The number of unbranched alkanes of at least 4 members (excludes halogenated alkanes) is 2. The maximum absolute atomic E-state index is 11.6. The summed E-state index contributed by atoms with van der Waals surface area (Å²) in [5, 5.41) is 0. The molecular weight excluding hydrogens is 300 g/mol. The number of aryl methyl sites for hydroxylation is 2. The quantitative estimate of drug-likeness (QED) is 0.343. The summed E-state index contributed by atoms with van der Waals surface area (Å²) in [6.45, 7) is 2.59. The van der Waals surface area contributed by atoms with Crippen LogP contribution in [0.25, 0.3) is 0 Å². The van der Waals surface area contributed by atoms with E-state index in [1.54, 1.807) is 12.1 Å². The molecule has 0 aliphatic heterocycles. The Morgan fingerprint density at radius 3 is 2.12 bits per heavy atom. The van der Waals surface area contributed by atoms with Crippen molar-refractivity contribution in [2.45, 2.75) is 45.4 Å². The Hall–Kier alpha value is -2.29. The number of benzene rings is 2. The summed E-state index contributed by atoms with van der Waals surface area (Å²) in [5.74, 6) is 0.503. The monoisotopic (exact) mass is 326 g/mol. The first-order valence-electron chi connectivity index (χ1n) is 8.76. The van der Waals surface area contributed by atoms with Crippen LogP contribution in [-0.4, -0.2) is 12.8 Å². The zero-order chi connectivity index (χ0) is 17.0. The van der Waals surface area contributed by atoms with Gasteiger partial charge in [0.15, 0.2) is 0 Å². The third-order valence-electron chi connectivity index (χ3n) is 3.92. The normalized spacial score (nSPS) is 10.4. The lowest BCUT2D eigenvalue weighted by molar-refractivity contribution is 0.0980. The van der Waals surface area contributed by atoms with Crippen LogP contribution < -0.4 is 4.74 Å². The van der Waals surface area contributed by atoms with Crippen LogP contribution in [0.3, 0.4) is 0 Å². The molecule has 0 aromatic heterocycles. The minimum atomic E-state index is -0.641. The number of para-hydroxylation sites is 1. The molecule has 0 saturated heterocycles. The SMILES string of the molecule is CCCCCc1ccccc1CCCOC(=O)Oc1ccccc1. The summed E-state index contributed by atoms with van der Waals surface area (Å²) in [5.41, 5.74) is 2.77. The Morgan fingerprint density at radius 2 is 1.46 bits per heavy atom. The Labute approximate surface area is 144 Å². The van der Waals surface area contributed by atoms with Crippen LogP contribution in [0.1, 0.15) is 43.7 Å². The second-order valence-corrected chi connectivity index (χ2v) is 5.84. The van der Waals surface area contributed by atoms with Crippen molar-refractivity contribution in [2.24, 2.45) is 0 Å². The van der Waals surface area contributed by atoms with E-state index in [1.807, 2.05) is 18.2 Å². The van der Waals surface area contributed by atoms with Crippen LogP contribution in [0.5, 0.6) is 5.75 Å². The zero-order valence-electron chi connectivity index (χ0n) is 14.4. The van der Waals surface area contributed by atoms with E-state index >= 15 is 0 Å². The molecule has 0 amide bonds. The second kappa shape index (κ2) is 10.5. The lowest BCUT2D eigenvalue weighted by Gasteiger charge is -2.10. The maximum Gasteiger partial charge on any atom is 0.513 e. The van der Waals surface area contributed by atoms with Crippen molar-refractivity contribution < 1.29 is 14.3 Å². The number of ether oxygens (including phenoxy) is 2. The second-order valence-electron chi connectivity index (χ2n) is 5.84. The van der Waals surface area contributed by atoms with Crippen LogP contribution in [0.2, 0.25) is 0 Å². The Kier molecular flexibility index (Phi) is 7.88. The van der Waals surface area contributed by atoms with Gasteiger partial charge in [0.2, 0.25) is 0 Å². The van der Waals surface area contributed by atoms with Gasteiger partial charge in [0, 0.05) is 0 Å². The summed E-state index contributed by atoms with van der Waals surface area (Å²) in [7, 11) is 0. The van der Waals surface area contributed by atoms with E-state index in [0.717, 1.165) is 19.3 Å². The highest BCUT2D eigenvalue weighted by atomic mass is 16.7. The topological polar surface area (TPSA) is 35.5 Å². The largest absolute Gasteiger partial charge is 0.513 e. The molecule has 24 heavy (non-hydrogen) atoms. The van der Waals surface area contributed by atoms with Gasteiger partial charge in [0.25, 0.3) is 0 Å². The molecule has 0 atom stereocenters. The minimum Gasteiger partial charge on any atom is -0.434 e. The molecule has 0 radical (unpaired) electrons. The fourth-order valence-electron chi connectivity index (χ4n) is 2.64. The van der Waals surface area contributed by atoms with Gasteiger partial charge in [0.1, 0.15) is 5.75 Å². The molecule has 0 spiro atoms. The van der Waals surface area contributed by atoms with Crippen molar-refractivity contribution in [3.8, 4) is 5.75 Å². The summed E-state index contributed by atoms with van der Waals surface area (Å²) >= 11 is 0. The third kappa shape index (κ3) is 6.45. The lowest BCUT2D eigenvalue weighted by atomic mass is 9.98. The van der Waals surface area contributed by atoms with Gasteiger partial charge in [-0.15, -0.1) is 0 Å². The molecule has 0 unspecified atom stereocenters. The van der Waals surface area contributed by atoms with Crippen LogP contribution in [-0.2, 0) is 17.6 Å². The Balaban J connectivity index is 1.71. The molecule has 2 rings (SSSR count).